The number of carbonyl (C=O) groups excluding carboxylic acids is 2. The average Bonchev–Trinajstić information content (AvgIpc) is 3.72. The van der Waals surface area contributed by atoms with Crippen molar-refractivity contribution >= 4 is 38.5 Å². The minimum atomic E-state index is -2.61. The van der Waals surface area contributed by atoms with Crippen LogP contribution in [0.5, 0.6) is 0 Å². The number of benzene rings is 2. The average molecular weight is 674 g/mol. The lowest BCUT2D eigenvalue weighted by molar-refractivity contribution is 0.0197. The van der Waals surface area contributed by atoms with E-state index >= 15 is 4.39 Å². The molecule has 2 aromatic heterocycles. The molecule has 1 N–H and O–H groups in total. The Bertz CT molecular complexity index is 1760. The molecular formula is C34H39F4N5O3S. The van der Waals surface area contributed by atoms with Crippen molar-refractivity contribution in [2.75, 3.05) is 32.7 Å². The van der Waals surface area contributed by atoms with Crippen LogP contribution in [-0.2, 0) is 4.74 Å². The molecule has 13 heteroatoms. The predicted octanol–water partition coefficient (Wildman–Crippen LogP) is 7.47. The van der Waals surface area contributed by atoms with E-state index in [0.29, 0.717) is 41.2 Å². The largest absolute Gasteiger partial charge is 0.444 e. The molecule has 0 spiro atoms. The van der Waals surface area contributed by atoms with E-state index in [0.717, 1.165) is 36.3 Å². The van der Waals surface area contributed by atoms with Crippen LogP contribution in [0.25, 0.3) is 26.4 Å². The van der Waals surface area contributed by atoms with E-state index in [1.54, 1.807) is 45.2 Å². The first-order chi connectivity index (χ1) is 22.4. The lowest BCUT2D eigenvalue weighted by atomic mass is 9.98. The molecule has 0 saturated carbocycles. The van der Waals surface area contributed by atoms with Crippen LogP contribution in [0.1, 0.15) is 68.4 Å². The van der Waals surface area contributed by atoms with Gasteiger partial charge in [-0.2, -0.15) is 0 Å². The van der Waals surface area contributed by atoms with Gasteiger partial charge in [0.2, 0.25) is 6.43 Å². The Kier molecular flexibility index (Phi) is 9.48. The van der Waals surface area contributed by atoms with Gasteiger partial charge in [0.25, 0.3) is 5.91 Å². The van der Waals surface area contributed by atoms with Crippen molar-refractivity contribution < 1.29 is 31.9 Å². The fourth-order valence-electron chi connectivity index (χ4n) is 6.34. The van der Waals surface area contributed by atoms with E-state index in [-0.39, 0.29) is 24.4 Å². The van der Waals surface area contributed by atoms with Gasteiger partial charge in [0.15, 0.2) is 4.96 Å². The Morgan fingerprint density at radius 1 is 1.13 bits per heavy atom. The maximum absolute atomic E-state index is 15.6. The maximum Gasteiger partial charge on any atom is 0.410 e. The molecular weight excluding hydrogens is 634 g/mol. The van der Waals surface area contributed by atoms with Gasteiger partial charge < -0.3 is 19.9 Å². The monoisotopic (exact) mass is 673 g/mol. The van der Waals surface area contributed by atoms with Gasteiger partial charge in [-0.25, -0.2) is 27.3 Å². The van der Waals surface area contributed by atoms with Gasteiger partial charge in [-0.3, -0.25) is 9.20 Å². The Balaban J connectivity index is 1.14. The van der Waals surface area contributed by atoms with E-state index < -0.39 is 42.1 Å². The van der Waals surface area contributed by atoms with Crippen LogP contribution in [-0.4, -0.2) is 82.1 Å². The molecule has 2 aromatic carbocycles. The quantitative estimate of drug-likeness (QED) is 0.155. The second-order valence-corrected chi connectivity index (χ2v) is 14.4. The molecule has 2 unspecified atom stereocenters. The van der Waals surface area contributed by atoms with Gasteiger partial charge in [-0.1, -0.05) is 17.4 Å². The minimum absolute atomic E-state index is 0.00245. The van der Waals surface area contributed by atoms with Crippen molar-refractivity contribution in [3.05, 3.63) is 59.5 Å². The number of aromatic nitrogens is 2. The normalized spacial score (nSPS) is 19.7. The van der Waals surface area contributed by atoms with Crippen LogP contribution in [0, 0.1) is 11.7 Å². The van der Waals surface area contributed by atoms with E-state index in [1.165, 1.54) is 22.3 Å². The molecule has 4 heterocycles. The Hall–Kier alpha value is -3.71. The highest BCUT2D eigenvalue weighted by molar-refractivity contribution is 7.23. The van der Waals surface area contributed by atoms with Gasteiger partial charge >= 0.3 is 6.09 Å². The predicted molar refractivity (Wildman–Crippen MR) is 173 cm³/mol. The number of rotatable bonds is 8. The number of ether oxygens (including phenoxy) is 1. The lowest BCUT2D eigenvalue weighted by Gasteiger charge is -2.29. The third-order valence-corrected chi connectivity index (χ3v) is 9.80. The van der Waals surface area contributed by atoms with Gasteiger partial charge in [-0.05, 0) is 88.9 Å². The van der Waals surface area contributed by atoms with Crippen molar-refractivity contribution in [2.24, 2.45) is 5.92 Å². The summed E-state index contributed by atoms with van der Waals surface area (Å²) in [6.45, 7) is 7.80. The summed E-state index contributed by atoms with van der Waals surface area (Å²) in [6.07, 6.45) is -0.357. The van der Waals surface area contributed by atoms with E-state index in [9.17, 15) is 22.8 Å². The zero-order chi connectivity index (χ0) is 33.5. The number of hydrogen-bond donors (Lipinski definition) is 1. The van der Waals surface area contributed by atoms with Crippen LogP contribution in [0.4, 0.5) is 22.4 Å². The van der Waals surface area contributed by atoms with Crippen LogP contribution < -0.4 is 5.32 Å². The number of halogens is 4. The first-order valence-electron chi connectivity index (χ1n) is 16.0. The number of nitrogens with zero attached hydrogens (tertiary/aromatic N) is 4. The van der Waals surface area contributed by atoms with Crippen LogP contribution in [0.2, 0.25) is 0 Å². The highest BCUT2D eigenvalue weighted by atomic mass is 32.1. The molecule has 2 atom stereocenters. The topological polar surface area (TPSA) is 79.2 Å². The third kappa shape index (κ3) is 7.40. The minimum Gasteiger partial charge on any atom is -0.444 e. The molecule has 2 amide bonds. The number of nitrogens with one attached hydrogen (secondary N) is 1. The first-order valence-corrected chi connectivity index (χ1v) is 16.8. The van der Waals surface area contributed by atoms with Crippen LogP contribution >= 0.6 is 11.3 Å². The summed E-state index contributed by atoms with van der Waals surface area (Å²) in [5, 5.41) is 2.96. The number of carbonyl (C=O) groups is 2. The second kappa shape index (κ2) is 13.4. The summed E-state index contributed by atoms with van der Waals surface area (Å²) in [5.41, 5.74) is 1.62. The molecule has 2 fully saturated rings. The molecule has 0 radical (unpaired) electrons. The van der Waals surface area contributed by atoms with E-state index in [4.69, 9.17) is 4.74 Å². The van der Waals surface area contributed by atoms with Gasteiger partial charge in [0.1, 0.15) is 17.6 Å². The number of imidazole rings is 1. The number of fused-ring (bicyclic) bond motifs is 3. The number of amides is 2. The highest BCUT2D eigenvalue weighted by Gasteiger charge is 2.42. The Labute approximate surface area is 274 Å². The number of hydrogen-bond acceptors (Lipinski definition) is 6. The first kappa shape index (κ1) is 33.2. The molecule has 4 aromatic rings. The van der Waals surface area contributed by atoms with Crippen molar-refractivity contribution in [1.29, 1.82) is 0 Å². The smallest absolute Gasteiger partial charge is 0.410 e. The van der Waals surface area contributed by atoms with Crippen LogP contribution in [0.3, 0.4) is 0 Å². The summed E-state index contributed by atoms with van der Waals surface area (Å²) in [4.78, 5) is 34.4. The van der Waals surface area contributed by atoms with Gasteiger partial charge in [0, 0.05) is 49.4 Å². The van der Waals surface area contributed by atoms with Crippen molar-refractivity contribution in [1.82, 2.24) is 24.5 Å². The summed E-state index contributed by atoms with van der Waals surface area (Å²) < 4.78 is 64.4. The molecule has 2 aliphatic heterocycles. The van der Waals surface area contributed by atoms with Crippen molar-refractivity contribution in [2.45, 2.75) is 70.7 Å². The Morgan fingerprint density at radius 3 is 2.60 bits per heavy atom. The van der Waals surface area contributed by atoms with Crippen molar-refractivity contribution in [3.8, 4) is 11.3 Å². The number of piperidine rings is 1. The fourth-order valence-corrected chi connectivity index (χ4v) is 7.39. The molecule has 0 bridgehead atoms. The van der Waals surface area contributed by atoms with Gasteiger partial charge in [0.05, 0.1) is 22.0 Å². The summed E-state index contributed by atoms with van der Waals surface area (Å²) in [7, 11) is 0. The molecule has 0 aliphatic carbocycles. The van der Waals surface area contributed by atoms with E-state index in [1.807, 2.05) is 16.5 Å². The second-order valence-electron chi connectivity index (χ2n) is 13.4. The zero-order valence-electron chi connectivity index (χ0n) is 26.6. The lowest BCUT2D eigenvalue weighted by Crippen LogP contribution is -2.37. The van der Waals surface area contributed by atoms with Crippen LogP contribution in [0.15, 0.2) is 42.6 Å². The van der Waals surface area contributed by atoms with E-state index in [2.05, 4.69) is 15.2 Å². The molecule has 2 aliphatic rings. The maximum atomic E-state index is 15.6. The number of thiazole rings is 1. The third-order valence-electron chi connectivity index (χ3n) is 8.78. The SMILES string of the molecule is CC(C)(C)OC(=O)N1CC(C(F)F)CC1c1ccc(-c2cn3c(n2)sc2cc(C(=O)NCCCN4CCC(F)CC4)ccc23)c(F)c1. The summed E-state index contributed by atoms with van der Waals surface area (Å²) in [6, 6.07) is 9.15. The summed E-state index contributed by atoms with van der Waals surface area (Å²) >= 11 is 1.38. The molecule has 2 saturated heterocycles. The molecule has 8 nitrogen and oxygen atoms in total. The highest BCUT2D eigenvalue weighted by Crippen LogP contribution is 2.40. The molecule has 6 rings (SSSR count). The Morgan fingerprint density at radius 2 is 1.89 bits per heavy atom. The van der Waals surface area contributed by atoms with Crippen molar-refractivity contribution in [3.63, 3.8) is 0 Å². The summed E-state index contributed by atoms with van der Waals surface area (Å²) in [5.74, 6) is -1.78. The fraction of sp³-hybridized carbons (Fsp3) is 0.500. The number of likely N-dealkylation sites (tertiary alicyclic amines) is 2. The number of alkyl halides is 3. The van der Waals surface area contributed by atoms with Gasteiger partial charge in [-0.15, -0.1) is 0 Å². The molecule has 252 valence electrons. The standard InChI is InChI=1S/C34H39F4N5O3S/c1-34(2,3)46-33(45)43-18-22(30(37)38)16-28(43)20-5-7-24(25(36)15-20)26-19-42-27-8-6-21(17-29(27)47-32(42)40-26)31(44)39-11-4-12-41-13-9-23(35)10-14-41/h5-8,15,17,19,22-23,28,30H,4,9-14,16,18H2,1-3H3,(H,39,44). The molecule has 47 heavy (non-hydrogen) atoms. The zero-order valence-corrected chi connectivity index (χ0v) is 27.5.